The Bertz CT molecular complexity index is 305. The summed E-state index contributed by atoms with van der Waals surface area (Å²) in [6.07, 6.45) is 4.92. The van der Waals surface area contributed by atoms with Crippen molar-refractivity contribution in [2.24, 2.45) is 5.41 Å². The molecule has 4 nitrogen and oxygen atoms in total. The summed E-state index contributed by atoms with van der Waals surface area (Å²) >= 11 is 0. The SMILES string of the molecule is CC(C)(COS(C)(=O)=O)CN1CCCCC1. The molecule has 1 heterocycles. The van der Waals surface area contributed by atoms with Crippen LogP contribution in [0.25, 0.3) is 0 Å². The molecular weight excluding hydrogens is 226 g/mol. The van der Waals surface area contributed by atoms with E-state index in [0.29, 0.717) is 0 Å². The van der Waals surface area contributed by atoms with Gasteiger partial charge in [0.25, 0.3) is 10.1 Å². The molecule has 1 aliphatic heterocycles. The van der Waals surface area contributed by atoms with Crippen LogP contribution in [0.2, 0.25) is 0 Å². The highest BCUT2D eigenvalue weighted by atomic mass is 32.2. The fourth-order valence-corrected chi connectivity index (χ4v) is 2.57. The monoisotopic (exact) mass is 249 g/mol. The Labute approximate surface area is 99.1 Å². The van der Waals surface area contributed by atoms with Crippen LogP contribution in [0.3, 0.4) is 0 Å². The lowest BCUT2D eigenvalue weighted by Crippen LogP contribution is -2.40. The molecule has 0 aliphatic carbocycles. The number of rotatable bonds is 5. The molecular formula is C11H23NO3S. The highest BCUT2D eigenvalue weighted by Gasteiger charge is 2.24. The van der Waals surface area contributed by atoms with E-state index in [1.165, 1.54) is 19.3 Å². The van der Waals surface area contributed by atoms with Crippen LogP contribution in [0.15, 0.2) is 0 Å². The van der Waals surface area contributed by atoms with Crippen molar-refractivity contribution in [2.75, 3.05) is 32.5 Å². The zero-order valence-corrected chi connectivity index (χ0v) is 11.3. The molecule has 0 radical (unpaired) electrons. The number of nitrogens with zero attached hydrogens (tertiary/aromatic N) is 1. The van der Waals surface area contributed by atoms with Gasteiger partial charge in [-0.05, 0) is 25.9 Å². The zero-order chi connectivity index (χ0) is 12.2. The summed E-state index contributed by atoms with van der Waals surface area (Å²) in [7, 11) is -3.32. The second-order valence-electron chi connectivity index (χ2n) is 5.47. The van der Waals surface area contributed by atoms with Gasteiger partial charge in [0, 0.05) is 12.0 Å². The number of piperidine rings is 1. The molecule has 0 aromatic carbocycles. The van der Waals surface area contributed by atoms with Crippen LogP contribution in [0, 0.1) is 5.41 Å². The maximum atomic E-state index is 10.9. The number of hydrogen-bond donors (Lipinski definition) is 0. The molecule has 1 aliphatic rings. The van der Waals surface area contributed by atoms with E-state index in [1.54, 1.807) is 0 Å². The van der Waals surface area contributed by atoms with E-state index in [1.807, 2.05) is 13.8 Å². The van der Waals surface area contributed by atoms with Gasteiger partial charge in [0.05, 0.1) is 12.9 Å². The summed E-state index contributed by atoms with van der Waals surface area (Å²) in [5, 5.41) is 0. The molecule has 1 rings (SSSR count). The van der Waals surface area contributed by atoms with E-state index >= 15 is 0 Å². The van der Waals surface area contributed by atoms with E-state index in [2.05, 4.69) is 4.90 Å². The number of hydrogen-bond acceptors (Lipinski definition) is 4. The zero-order valence-electron chi connectivity index (χ0n) is 10.5. The summed E-state index contributed by atoms with van der Waals surface area (Å²) in [6, 6.07) is 0. The van der Waals surface area contributed by atoms with Crippen molar-refractivity contribution in [3.05, 3.63) is 0 Å². The van der Waals surface area contributed by atoms with E-state index in [9.17, 15) is 8.42 Å². The normalized spacial score (nSPS) is 19.9. The van der Waals surface area contributed by atoms with Crippen LogP contribution in [0.1, 0.15) is 33.1 Å². The third-order valence-corrected chi connectivity index (χ3v) is 3.31. The van der Waals surface area contributed by atoms with Gasteiger partial charge in [0.2, 0.25) is 0 Å². The van der Waals surface area contributed by atoms with Crippen molar-refractivity contribution in [1.82, 2.24) is 4.90 Å². The van der Waals surface area contributed by atoms with Gasteiger partial charge in [-0.25, -0.2) is 0 Å². The topological polar surface area (TPSA) is 46.6 Å². The predicted octanol–water partition coefficient (Wildman–Crippen LogP) is 1.47. The van der Waals surface area contributed by atoms with Gasteiger partial charge in [-0.1, -0.05) is 20.3 Å². The molecule has 1 saturated heterocycles. The molecule has 0 atom stereocenters. The maximum absolute atomic E-state index is 10.9. The highest BCUT2D eigenvalue weighted by molar-refractivity contribution is 7.85. The number of likely N-dealkylation sites (tertiary alicyclic amines) is 1. The highest BCUT2D eigenvalue weighted by Crippen LogP contribution is 2.21. The van der Waals surface area contributed by atoms with Crippen molar-refractivity contribution in [1.29, 1.82) is 0 Å². The van der Waals surface area contributed by atoms with E-state index < -0.39 is 10.1 Å². The Morgan fingerprint density at radius 3 is 2.25 bits per heavy atom. The Balaban J connectivity index is 2.37. The first-order valence-corrected chi connectivity index (χ1v) is 7.67. The van der Waals surface area contributed by atoms with Gasteiger partial charge in [0.1, 0.15) is 0 Å². The summed E-state index contributed by atoms with van der Waals surface area (Å²) < 4.78 is 26.7. The Kier molecular flexibility index (Phi) is 4.76. The first-order chi connectivity index (χ1) is 7.29. The van der Waals surface area contributed by atoms with Gasteiger partial charge in [-0.15, -0.1) is 0 Å². The van der Waals surface area contributed by atoms with E-state index in [-0.39, 0.29) is 12.0 Å². The molecule has 0 unspecified atom stereocenters. The fourth-order valence-electron chi connectivity index (χ4n) is 2.04. The van der Waals surface area contributed by atoms with Gasteiger partial charge in [-0.3, -0.25) is 4.18 Å². The molecule has 16 heavy (non-hydrogen) atoms. The smallest absolute Gasteiger partial charge is 0.264 e. The quantitative estimate of drug-likeness (QED) is 0.692. The van der Waals surface area contributed by atoms with Gasteiger partial charge in [-0.2, -0.15) is 8.42 Å². The van der Waals surface area contributed by atoms with Crippen LogP contribution in [0.5, 0.6) is 0 Å². The molecule has 0 saturated carbocycles. The first kappa shape index (κ1) is 13.9. The minimum Gasteiger partial charge on any atom is -0.303 e. The second kappa shape index (κ2) is 5.47. The summed E-state index contributed by atoms with van der Waals surface area (Å²) in [5.41, 5.74) is -0.111. The van der Waals surface area contributed by atoms with E-state index in [4.69, 9.17) is 4.18 Å². The van der Waals surface area contributed by atoms with E-state index in [0.717, 1.165) is 25.9 Å². The largest absolute Gasteiger partial charge is 0.303 e. The van der Waals surface area contributed by atoms with Crippen LogP contribution >= 0.6 is 0 Å². The predicted molar refractivity (Wildman–Crippen MR) is 64.9 cm³/mol. The third kappa shape index (κ3) is 5.82. The van der Waals surface area contributed by atoms with Crippen molar-refractivity contribution < 1.29 is 12.6 Å². The van der Waals surface area contributed by atoms with Crippen LogP contribution < -0.4 is 0 Å². The van der Waals surface area contributed by atoms with Crippen LogP contribution in [0.4, 0.5) is 0 Å². The van der Waals surface area contributed by atoms with Gasteiger partial charge < -0.3 is 4.90 Å². The summed E-state index contributed by atoms with van der Waals surface area (Å²) in [5.74, 6) is 0. The minimum atomic E-state index is -3.32. The second-order valence-corrected chi connectivity index (χ2v) is 7.11. The third-order valence-electron chi connectivity index (χ3n) is 2.76. The molecule has 1 fully saturated rings. The lowest BCUT2D eigenvalue weighted by atomic mass is 9.93. The summed E-state index contributed by atoms with van der Waals surface area (Å²) in [4.78, 5) is 2.40. The standard InChI is InChI=1S/C11H23NO3S/c1-11(2,10-15-16(3,13)14)9-12-7-5-4-6-8-12/h4-10H2,1-3H3. The van der Waals surface area contributed by atoms with Crippen LogP contribution in [-0.2, 0) is 14.3 Å². The minimum absolute atomic E-state index is 0.111. The Hall–Kier alpha value is -0.130. The average Bonchev–Trinajstić information content (AvgIpc) is 2.15. The van der Waals surface area contributed by atoms with Crippen LogP contribution in [-0.4, -0.2) is 45.8 Å². The van der Waals surface area contributed by atoms with Crippen molar-refractivity contribution in [2.45, 2.75) is 33.1 Å². The van der Waals surface area contributed by atoms with Crippen molar-refractivity contribution in [3.63, 3.8) is 0 Å². The molecule has 0 N–H and O–H groups in total. The Morgan fingerprint density at radius 2 is 1.75 bits per heavy atom. The molecule has 0 amide bonds. The lowest BCUT2D eigenvalue weighted by Gasteiger charge is -2.34. The molecule has 96 valence electrons. The molecule has 0 aromatic rings. The summed E-state index contributed by atoms with van der Waals surface area (Å²) in [6.45, 7) is 7.52. The van der Waals surface area contributed by atoms with Crippen molar-refractivity contribution >= 4 is 10.1 Å². The molecule has 0 spiro atoms. The average molecular weight is 249 g/mol. The molecule has 0 bridgehead atoms. The first-order valence-electron chi connectivity index (χ1n) is 5.85. The molecule has 5 heteroatoms. The fraction of sp³-hybridized carbons (Fsp3) is 1.00. The van der Waals surface area contributed by atoms with Gasteiger partial charge in [0.15, 0.2) is 0 Å². The van der Waals surface area contributed by atoms with Gasteiger partial charge >= 0.3 is 0 Å². The maximum Gasteiger partial charge on any atom is 0.264 e. The molecule has 0 aromatic heterocycles. The lowest BCUT2D eigenvalue weighted by molar-refractivity contribution is 0.106. The van der Waals surface area contributed by atoms with Crippen molar-refractivity contribution in [3.8, 4) is 0 Å². The Morgan fingerprint density at radius 1 is 1.19 bits per heavy atom.